The quantitative estimate of drug-likeness (QED) is 0.0168. The molecule has 0 aliphatic carbocycles. The topological polar surface area (TPSA) is 551 Å². The van der Waals surface area contributed by atoms with Gasteiger partial charge in [0.25, 0.3) is 20.3 Å². The molecule has 4 amide bonds. The second-order valence-corrected chi connectivity index (χ2v) is 21.0. The van der Waals surface area contributed by atoms with Gasteiger partial charge in [0.15, 0.2) is 24.4 Å². The molecule has 0 spiro atoms. The third-order valence-corrected chi connectivity index (χ3v) is 12.3. The second kappa shape index (κ2) is 39.1. The SMILES string of the molecule is CC(C)(C)OC(=O)NCCN[C@H]1CO[C@H]2[C@@H]1OC[C@H]2O[N+](=O)[O-].CC(C)(C)OC(=O)NCCO.NC(=O)NCCN[C@H]1CO[C@H]2[C@@H]1OC[C@H]2O[N+](=O)[O-].NCCN[C@H]1CO[C@H]2[C@@H]1OC[C@H]2O[N+](=O)[O-].N[C@H]1CO[C@H]2[C@@H]1OC[C@H]2O[N+](=O)[O-].[C-]#[N+][O-].[K+]. The average Bonchev–Trinajstić information content (AvgIpc) is 3.18. The van der Waals surface area contributed by atoms with Crippen molar-refractivity contribution in [3.05, 3.63) is 57.2 Å². The number of primary amides is 1. The maximum atomic E-state index is 11.5. The Balaban J connectivity index is 0.000000369. The van der Waals surface area contributed by atoms with Crippen molar-refractivity contribution in [3.8, 4) is 0 Å². The van der Waals surface area contributed by atoms with Crippen molar-refractivity contribution in [3.63, 3.8) is 0 Å². The fraction of sp³-hybridized carbons (Fsp3) is 0.909. The first-order valence-corrected chi connectivity index (χ1v) is 26.5. The number of carbonyl (C=O) groups is 3. The molecule has 0 saturated carbocycles. The molecule has 41 nitrogen and oxygen atoms in total. The van der Waals surface area contributed by atoms with Crippen LogP contribution < -0.4 is 100 Å². The summed E-state index contributed by atoms with van der Waals surface area (Å²) < 4.78 is 53.3. The van der Waals surface area contributed by atoms with Gasteiger partial charge in [-0.05, 0) is 41.5 Å². The van der Waals surface area contributed by atoms with E-state index >= 15 is 0 Å². The van der Waals surface area contributed by atoms with E-state index in [-0.39, 0.29) is 152 Å². The number of ether oxygens (including phenoxy) is 10. The van der Waals surface area contributed by atoms with E-state index in [9.17, 15) is 54.8 Å². The van der Waals surface area contributed by atoms with Crippen LogP contribution in [0.1, 0.15) is 41.5 Å². The van der Waals surface area contributed by atoms with Gasteiger partial charge in [0.1, 0.15) is 60.0 Å². The van der Waals surface area contributed by atoms with Crippen LogP contribution >= 0.6 is 0 Å². The molecule has 0 bridgehead atoms. The monoisotopic (exact) mass is 1270 g/mol. The predicted octanol–water partition coefficient (Wildman–Crippen LogP) is -7.29. The zero-order chi connectivity index (χ0) is 63.4. The summed E-state index contributed by atoms with van der Waals surface area (Å²) in [5, 5.41) is 72.8. The summed E-state index contributed by atoms with van der Waals surface area (Å²) in [7, 11) is 0. The molecule has 42 heteroatoms. The number of rotatable bonds is 21. The van der Waals surface area contributed by atoms with Crippen LogP contribution in [-0.2, 0) is 66.7 Å². The molecule has 8 heterocycles. The molecule has 13 N–H and O–H groups in total. The van der Waals surface area contributed by atoms with Crippen LogP contribution in [-0.4, -0.2) is 258 Å². The molecule has 8 rings (SSSR count). The Bertz CT molecular complexity index is 2140. The standard InChI is InChI=1S/C13H23N3O7.C9H16N4O6.C8H15N3O5.C7H15NO3.C6H10N2O5.CNO.K/c1-13(2,3)22-12(17)15-5-4-14-8-6-20-11-9(23-16(18)19)7-21-10(8)11;10-9(14)12-2-1-11-5-3-17-8-6(19-13(15)16)4-18-7(5)8;9-1-2-10-5-3-14-8-6(16-11(12)13)4-15-7(5)8;1-7(2,3)11-6(10)8-4-5-9;7-3-1-11-6-4(13-8(9)10)2-12-5(3)6;1-2-3;/h8-11,14H,4-7H2,1-3H3,(H,15,17);5-8,11H,1-4H2,(H3,10,12,14);5-8,10H,1-4,9H2;9H,4-5H2,1-3H3,(H,8,10);3-6H,1-2,7H2;;/q;;;;;-1;+1/t8-,9+,10+,11+;2*5-,6+,7+,8+;;3-,4+,5+,6+;;/m000.0../s1. The van der Waals surface area contributed by atoms with Crippen LogP contribution in [0.15, 0.2) is 0 Å². The third-order valence-electron chi connectivity index (χ3n) is 12.3. The van der Waals surface area contributed by atoms with Gasteiger partial charge in [-0.1, -0.05) is 0 Å². The summed E-state index contributed by atoms with van der Waals surface area (Å²) in [6, 6.07) is -0.931. The molecule has 0 aromatic rings. The fourth-order valence-electron chi connectivity index (χ4n) is 9.14. The minimum atomic E-state index is -0.836. The first kappa shape index (κ1) is 77.1. The van der Waals surface area contributed by atoms with Gasteiger partial charge in [0.2, 0.25) is 0 Å². The van der Waals surface area contributed by atoms with Crippen LogP contribution in [0.3, 0.4) is 0 Å². The number of amides is 4. The Kier molecular flexibility index (Phi) is 35.0. The third kappa shape index (κ3) is 28.0. The molecule has 0 radical (unpaired) electrons. The number of alkyl carbamates (subject to hydrolysis) is 2. The Labute approximate surface area is 534 Å². The first-order valence-electron chi connectivity index (χ1n) is 26.5. The zero-order valence-electron chi connectivity index (χ0n) is 48.6. The molecule has 0 unspecified atom stereocenters. The number of nitrogens with two attached hydrogens (primary N) is 3. The van der Waals surface area contributed by atoms with E-state index in [1.165, 1.54) is 5.01 Å². The minimum absolute atomic E-state index is 0. The van der Waals surface area contributed by atoms with Crippen molar-refractivity contribution < 1.29 is 158 Å². The normalized spacial score (nSPS) is 30.2. The number of carbonyl (C=O) groups excluding carboxylic acids is 3. The summed E-state index contributed by atoms with van der Waals surface area (Å²) in [6.45, 7) is 21.4. The van der Waals surface area contributed by atoms with Gasteiger partial charge in [-0.25, -0.2) is 21.0 Å². The van der Waals surface area contributed by atoms with Crippen molar-refractivity contribution in [2.75, 3.05) is 105 Å². The van der Waals surface area contributed by atoms with E-state index in [0.717, 1.165) is 0 Å². The summed E-state index contributed by atoms with van der Waals surface area (Å²) in [6.07, 6.45) is -6.25. The van der Waals surface area contributed by atoms with Crippen LogP contribution in [0, 0.1) is 52.2 Å². The summed E-state index contributed by atoms with van der Waals surface area (Å²) >= 11 is 0. The van der Waals surface area contributed by atoms with Gasteiger partial charge in [0.05, 0.1) is 83.6 Å². The number of hydrogen-bond acceptors (Lipinski definition) is 32. The Morgan fingerprint density at radius 1 is 0.523 bits per heavy atom. The molecule has 0 aromatic heterocycles. The smallest absolute Gasteiger partial charge is 0.539 e. The number of nitrogens with one attached hydrogen (secondary N) is 6. The van der Waals surface area contributed by atoms with Crippen LogP contribution in [0.4, 0.5) is 14.4 Å². The first-order chi connectivity index (χ1) is 40.1. The van der Waals surface area contributed by atoms with Gasteiger partial charge in [0, 0.05) is 45.8 Å². The van der Waals surface area contributed by atoms with Crippen molar-refractivity contribution in [1.82, 2.24) is 31.9 Å². The Morgan fingerprint density at radius 3 is 1.13 bits per heavy atom. The van der Waals surface area contributed by atoms with Gasteiger partial charge in [-0.3, -0.25) is 5.01 Å². The molecule has 8 fully saturated rings. The largest absolute Gasteiger partial charge is 1.00 e. The molecule has 8 aliphatic rings. The Hall–Kier alpha value is -5.02. The summed E-state index contributed by atoms with van der Waals surface area (Å²) in [5.41, 5.74) is 14.9. The number of hydrogen-bond donors (Lipinski definition) is 10. The van der Waals surface area contributed by atoms with Crippen molar-refractivity contribution in [2.24, 2.45) is 17.2 Å². The van der Waals surface area contributed by atoms with Gasteiger partial charge in [-0.2, -0.15) is 0 Å². The van der Waals surface area contributed by atoms with E-state index < -0.39 is 86.4 Å². The molecule has 8 aliphatic heterocycles. The van der Waals surface area contributed by atoms with Gasteiger partial charge < -0.3 is 126 Å². The molecule has 8 saturated heterocycles. The van der Waals surface area contributed by atoms with Gasteiger partial charge >= 0.3 is 69.6 Å². The van der Waals surface area contributed by atoms with Crippen LogP contribution in [0.2, 0.25) is 0 Å². The number of aliphatic hydroxyl groups is 1. The van der Waals surface area contributed by atoms with E-state index in [1.807, 2.05) is 0 Å². The molecular weight excluding hydrogens is 1200 g/mol. The molecule has 0 aromatic carbocycles. The van der Waals surface area contributed by atoms with E-state index in [4.69, 9.17) is 81.5 Å². The number of urea groups is 1. The second-order valence-electron chi connectivity index (χ2n) is 21.0. The summed E-state index contributed by atoms with van der Waals surface area (Å²) in [5.74, 6) is 0. The van der Waals surface area contributed by atoms with Crippen molar-refractivity contribution in [1.29, 1.82) is 0 Å². The van der Waals surface area contributed by atoms with Crippen LogP contribution in [0.25, 0.3) is 5.01 Å². The number of fused-ring (bicyclic) bond motifs is 4. The van der Waals surface area contributed by atoms with Crippen molar-refractivity contribution >= 4 is 18.2 Å². The van der Waals surface area contributed by atoms with E-state index in [0.29, 0.717) is 65.7 Å². The van der Waals surface area contributed by atoms with Crippen LogP contribution in [0.5, 0.6) is 0 Å². The minimum Gasteiger partial charge on any atom is -0.539 e. The van der Waals surface area contributed by atoms with Crippen molar-refractivity contribution in [2.45, 2.75) is 150 Å². The molecule has 86 heavy (non-hydrogen) atoms. The number of aliphatic hydroxyl groups excluding tert-OH is 1. The number of nitrogens with zero attached hydrogens (tertiary/aromatic N) is 5. The van der Waals surface area contributed by atoms with E-state index in [2.05, 4.69) is 51.3 Å². The maximum absolute atomic E-state index is 11.5. The average molecular weight is 1280 g/mol. The molecular formula is C44H79KN14O27. The molecule has 16 atom stereocenters. The molecule has 488 valence electrons. The van der Waals surface area contributed by atoms with E-state index in [1.54, 1.807) is 41.5 Å². The zero-order valence-corrected chi connectivity index (χ0v) is 51.7. The maximum Gasteiger partial charge on any atom is 1.00 e. The Morgan fingerprint density at radius 2 is 0.814 bits per heavy atom. The predicted molar refractivity (Wildman–Crippen MR) is 281 cm³/mol. The van der Waals surface area contributed by atoms with Gasteiger partial charge in [-0.15, -0.1) is 40.5 Å². The fourth-order valence-corrected chi connectivity index (χ4v) is 9.14. The summed E-state index contributed by atoms with van der Waals surface area (Å²) in [4.78, 5) is 91.7.